The normalized spacial score (nSPS) is 16.2. The Morgan fingerprint density at radius 2 is 2.11 bits per heavy atom. The van der Waals surface area contributed by atoms with Crippen molar-refractivity contribution in [2.75, 3.05) is 13.1 Å². The highest BCUT2D eigenvalue weighted by molar-refractivity contribution is 5.76. The molecule has 0 heterocycles. The molecule has 1 fully saturated rings. The Morgan fingerprint density at radius 1 is 1.37 bits per heavy atom. The van der Waals surface area contributed by atoms with Crippen LogP contribution in [0.3, 0.4) is 0 Å². The van der Waals surface area contributed by atoms with Gasteiger partial charge < -0.3 is 11.1 Å². The van der Waals surface area contributed by atoms with Gasteiger partial charge in [0, 0.05) is 24.4 Å². The van der Waals surface area contributed by atoms with Crippen molar-refractivity contribution >= 4 is 5.91 Å². The zero-order valence-corrected chi connectivity index (χ0v) is 10.7. The second-order valence-electron chi connectivity index (χ2n) is 5.07. The van der Waals surface area contributed by atoms with Crippen molar-refractivity contribution in [2.45, 2.75) is 31.1 Å². The number of carbonyl (C=O) groups excluding carboxylic acids is 1. The van der Waals surface area contributed by atoms with Gasteiger partial charge in [-0.25, -0.2) is 8.78 Å². The number of nitrogens with two attached hydrogens (primary N) is 1. The highest BCUT2D eigenvalue weighted by Gasteiger charge is 2.46. The molecule has 0 atom stereocenters. The molecule has 1 aromatic carbocycles. The van der Waals surface area contributed by atoms with E-state index < -0.39 is 11.6 Å². The lowest BCUT2D eigenvalue weighted by Crippen LogP contribution is -2.32. The minimum absolute atomic E-state index is 0.0701. The first-order valence-electron chi connectivity index (χ1n) is 6.50. The number of hydrogen-bond donors (Lipinski definition) is 2. The number of halogens is 2. The summed E-state index contributed by atoms with van der Waals surface area (Å²) in [6, 6.07) is 3.63. The van der Waals surface area contributed by atoms with Crippen LogP contribution >= 0.6 is 0 Å². The molecule has 0 spiro atoms. The third-order valence-electron chi connectivity index (χ3n) is 3.59. The van der Waals surface area contributed by atoms with Crippen molar-refractivity contribution in [3.05, 3.63) is 35.4 Å². The SMILES string of the molecule is NCCCC(=O)NCC1(c2ccc(F)cc2F)CC1. The van der Waals surface area contributed by atoms with E-state index in [-0.39, 0.29) is 11.3 Å². The third-order valence-corrected chi connectivity index (χ3v) is 3.59. The van der Waals surface area contributed by atoms with E-state index in [1.165, 1.54) is 12.1 Å². The summed E-state index contributed by atoms with van der Waals surface area (Å²) < 4.78 is 26.6. The first kappa shape index (κ1) is 13.9. The Labute approximate surface area is 111 Å². The first-order valence-corrected chi connectivity index (χ1v) is 6.50. The van der Waals surface area contributed by atoms with Crippen LogP contribution < -0.4 is 11.1 Å². The molecule has 3 nitrogen and oxygen atoms in total. The molecule has 0 saturated heterocycles. The van der Waals surface area contributed by atoms with Crippen molar-refractivity contribution < 1.29 is 13.6 Å². The topological polar surface area (TPSA) is 55.1 Å². The van der Waals surface area contributed by atoms with E-state index in [2.05, 4.69) is 5.32 Å². The van der Waals surface area contributed by atoms with E-state index in [0.29, 0.717) is 31.5 Å². The summed E-state index contributed by atoms with van der Waals surface area (Å²) >= 11 is 0. The van der Waals surface area contributed by atoms with Crippen LogP contribution in [0, 0.1) is 11.6 Å². The third kappa shape index (κ3) is 3.29. The number of amides is 1. The molecule has 0 aromatic heterocycles. The monoisotopic (exact) mass is 268 g/mol. The van der Waals surface area contributed by atoms with Crippen molar-refractivity contribution in [1.29, 1.82) is 0 Å². The number of carbonyl (C=O) groups is 1. The zero-order valence-electron chi connectivity index (χ0n) is 10.7. The Bertz CT molecular complexity index is 473. The Balaban J connectivity index is 1.97. The van der Waals surface area contributed by atoms with Crippen molar-refractivity contribution in [3.8, 4) is 0 Å². The molecule has 5 heteroatoms. The average molecular weight is 268 g/mol. The van der Waals surface area contributed by atoms with E-state index in [1.807, 2.05) is 0 Å². The molecule has 0 radical (unpaired) electrons. The van der Waals surface area contributed by atoms with Crippen LogP contribution in [0.25, 0.3) is 0 Å². The molecule has 1 aromatic rings. The molecule has 1 aliphatic rings. The molecule has 104 valence electrons. The predicted molar refractivity (Wildman–Crippen MR) is 68.6 cm³/mol. The molecule has 0 bridgehead atoms. The summed E-state index contributed by atoms with van der Waals surface area (Å²) in [5, 5.41) is 2.81. The van der Waals surface area contributed by atoms with Gasteiger partial charge >= 0.3 is 0 Å². The standard InChI is InChI=1S/C14H18F2N2O/c15-10-3-4-11(12(16)8-10)14(5-6-14)9-18-13(19)2-1-7-17/h3-4,8H,1-2,5-7,9,17H2,(H,18,19). The van der Waals surface area contributed by atoms with Gasteiger partial charge in [0.05, 0.1) is 0 Å². The van der Waals surface area contributed by atoms with Gasteiger partial charge in [0.2, 0.25) is 5.91 Å². The van der Waals surface area contributed by atoms with Crippen molar-refractivity contribution in [3.63, 3.8) is 0 Å². The summed E-state index contributed by atoms with van der Waals surface area (Å²) in [6.45, 7) is 0.879. The average Bonchev–Trinajstić information content (AvgIpc) is 3.15. The van der Waals surface area contributed by atoms with Gasteiger partial charge in [-0.05, 0) is 37.4 Å². The van der Waals surface area contributed by atoms with Crippen LogP contribution in [-0.4, -0.2) is 19.0 Å². The maximum Gasteiger partial charge on any atom is 0.220 e. The number of nitrogens with one attached hydrogen (secondary N) is 1. The molecule has 0 unspecified atom stereocenters. The molecule has 19 heavy (non-hydrogen) atoms. The lowest BCUT2D eigenvalue weighted by molar-refractivity contribution is -0.121. The van der Waals surface area contributed by atoms with Crippen LogP contribution in [0.15, 0.2) is 18.2 Å². The molecule has 2 rings (SSSR count). The maximum atomic E-state index is 13.7. The van der Waals surface area contributed by atoms with Gasteiger partial charge in [-0.3, -0.25) is 4.79 Å². The van der Waals surface area contributed by atoms with Gasteiger partial charge in [0.25, 0.3) is 0 Å². The lowest BCUT2D eigenvalue weighted by atomic mass is 9.95. The highest BCUT2D eigenvalue weighted by atomic mass is 19.1. The second kappa shape index (κ2) is 5.65. The van der Waals surface area contributed by atoms with E-state index in [0.717, 1.165) is 18.9 Å². The zero-order chi connectivity index (χ0) is 13.9. The smallest absolute Gasteiger partial charge is 0.220 e. The Hall–Kier alpha value is -1.49. The molecular formula is C14H18F2N2O. The number of rotatable bonds is 6. The Kier molecular flexibility index (Phi) is 4.14. The highest BCUT2D eigenvalue weighted by Crippen LogP contribution is 2.48. The first-order chi connectivity index (χ1) is 9.07. The maximum absolute atomic E-state index is 13.7. The minimum atomic E-state index is -0.580. The molecule has 1 aliphatic carbocycles. The van der Waals surface area contributed by atoms with E-state index in [1.54, 1.807) is 0 Å². The molecule has 0 aliphatic heterocycles. The van der Waals surface area contributed by atoms with Crippen molar-refractivity contribution in [1.82, 2.24) is 5.32 Å². The minimum Gasteiger partial charge on any atom is -0.355 e. The fourth-order valence-corrected chi connectivity index (χ4v) is 2.23. The van der Waals surface area contributed by atoms with Gasteiger partial charge in [0.15, 0.2) is 0 Å². The fourth-order valence-electron chi connectivity index (χ4n) is 2.23. The lowest BCUT2D eigenvalue weighted by Gasteiger charge is -2.17. The van der Waals surface area contributed by atoms with Crippen LogP contribution in [0.1, 0.15) is 31.2 Å². The predicted octanol–water partition coefficient (Wildman–Crippen LogP) is 1.85. The van der Waals surface area contributed by atoms with E-state index >= 15 is 0 Å². The quantitative estimate of drug-likeness (QED) is 0.827. The summed E-state index contributed by atoms with van der Waals surface area (Å²) in [5.41, 5.74) is 5.47. The van der Waals surface area contributed by atoms with E-state index in [4.69, 9.17) is 5.73 Å². The molecule has 3 N–H and O–H groups in total. The van der Waals surface area contributed by atoms with Gasteiger partial charge in [0.1, 0.15) is 11.6 Å². The van der Waals surface area contributed by atoms with Crippen LogP contribution in [0.2, 0.25) is 0 Å². The summed E-state index contributed by atoms with van der Waals surface area (Å²) in [5.74, 6) is -1.18. The Morgan fingerprint density at radius 3 is 2.68 bits per heavy atom. The van der Waals surface area contributed by atoms with Crippen LogP contribution in [0.5, 0.6) is 0 Å². The number of hydrogen-bond acceptors (Lipinski definition) is 2. The van der Waals surface area contributed by atoms with Gasteiger partial charge in [-0.15, -0.1) is 0 Å². The van der Waals surface area contributed by atoms with Crippen molar-refractivity contribution in [2.24, 2.45) is 5.73 Å². The summed E-state index contributed by atoms with van der Waals surface area (Å²) in [6.07, 6.45) is 2.65. The van der Waals surface area contributed by atoms with Crippen LogP contribution in [0.4, 0.5) is 8.78 Å². The number of benzene rings is 1. The van der Waals surface area contributed by atoms with Crippen LogP contribution in [-0.2, 0) is 10.2 Å². The summed E-state index contributed by atoms with van der Waals surface area (Å²) in [7, 11) is 0. The molecule has 1 saturated carbocycles. The fraction of sp³-hybridized carbons (Fsp3) is 0.500. The van der Waals surface area contributed by atoms with Gasteiger partial charge in [-0.1, -0.05) is 6.07 Å². The second-order valence-corrected chi connectivity index (χ2v) is 5.07. The largest absolute Gasteiger partial charge is 0.355 e. The molecular weight excluding hydrogens is 250 g/mol. The van der Waals surface area contributed by atoms with Gasteiger partial charge in [-0.2, -0.15) is 0 Å². The van der Waals surface area contributed by atoms with E-state index in [9.17, 15) is 13.6 Å². The summed E-state index contributed by atoms with van der Waals surface area (Å²) in [4.78, 5) is 11.5. The molecule has 1 amide bonds.